The second-order valence-corrected chi connectivity index (χ2v) is 4.81. The van der Waals surface area contributed by atoms with Crippen LogP contribution < -0.4 is 10.1 Å². The second kappa shape index (κ2) is 8.06. The minimum atomic E-state index is 0.242. The molecule has 18 heavy (non-hydrogen) atoms. The van der Waals surface area contributed by atoms with E-state index in [0.29, 0.717) is 25.1 Å². The van der Waals surface area contributed by atoms with Gasteiger partial charge in [0.1, 0.15) is 6.61 Å². The maximum atomic E-state index is 5.48. The number of hydrogen-bond donors (Lipinski definition) is 1. The maximum absolute atomic E-state index is 5.48. The average molecular weight is 252 g/mol. The fraction of sp³-hybridized carbons (Fsp3) is 0.643. The van der Waals surface area contributed by atoms with Gasteiger partial charge in [0, 0.05) is 24.8 Å². The van der Waals surface area contributed by atoms with Gasteiger partial charge in [-0.1, -0.05) is 19.9 Å². The summed E-state index contributed by atoms with van der Waals surface area (Å²) in [6.45, 7) is 10.2. The Morgan fingerprint density at radius 1 is 1.17 bits per heavy atom. The van der Waals surface area contributed by atoms with Gasteiger partial charge in [-0.2, -0.15) is 0 Å². The van der Waals surface area contributed by atoms with Crippen molar-refractivity contribution in [1.29, 1.82) is 0 Å². The van der Waals surface area contributed by atoms with Crippen molar-refractivity contribution in [3.8, 4) is 5.88 Å². The molecule has 1 N–H and O–H groups in total. The molecule has 1 heterocycles. The molecule has 0 saturated carbocycles. The Morgan fingerprint density at radius 3 is 2.50 bits per heavy atom. The number of ether oxygens (including phenoxy) is 2. The SMILES string of the molecule is CC(C)NCc1ccc(OCCOC(C)C)nc1. The predicted octanol–water partition coefficient (Wildman–Crippen LogP) is 2.38. The maximum Gasteiger partial charge on any atom is 0.213 e. The molecule has 0 aliphatic heterocycles. The predicted molar refractivity (Wildman–Crippen MR) is 72.8 cm³/mol. The van der Waals surface area contributed by atoms with E-state index >= 15 is 0 Å². The van der Waals surface area contributed by atoms with Crippen LogP contribution >= 0.6 is 0 Å². The third-order valence-corrected chi connectivity index (χ3v) is 2.30. The van der Waals surface area contributed by atoms with Crippen molar-refractivity contribution >= 4 is 0 Å². The van der Waals surface area contributed by atoms with Crippen LogP contribution in [0.3, 0.4) is 0 Å². The Kier molecular flexibility index (Phi) is 6.68. The fourth-order valence-corrected chi connectivity index (χ4v) is 1.35. The lowest BCUT2D eigenvalue weighted by Gasteiger charge is -2.10. The van der Waals surface area contributed by atoms with Crippen molar-refractivity contribution in [1.82, 2.24) is 10.3 Å². The highest BCUT2D eigenvalue weighted by Crippen LogP contribution is 2.07. The number of hydrogen-bond acceptors (Lipinski definition) is 4. The normalized spacial score (nSPS) is 11.2. The monoisotopic (exact) mass is 252 g/mol. The van der Waals surface area contributed by atoms with Crippen molar-refractivity contribution in [2.45, 2.75) is 46.4 Å². The molecule has 0 spiro atoms. The van der Waals surface area contributed by atoms with Gasteiger partial charge in [0.25, 0.3) is 0 Å². The van der Waals surface area contributed by atoms with Crippen molar-refractivity contribution < 1.29 is 9.47 Å². The van der Waals surface area contributed by atoms with Gasteiger partial charge >= 0.3 is 0 Å². The first kappa shape index (κ1) is 14.9. The van der Waals surface area contributed by atoms with Crippen molar-refractivity contribution in [3.63, 3.8) is 0 Å². The summed E-state index contributed by atoms with van der Waals surface area (Å²) in [4.78, 5) is 4.26. The zero-order chi connectivity index (χ0) is 13.4. The summed E-state index contributed by atoms with van der Waals surface area (Å²) < 4.78 is 10.9. The molecule has 0 amide bonds. The smallest absolute Gasteiger partial charge is 0.213 e. The fourth-order valence-electron chi connectivity index (χ4n) is 1.35. The number of aromatic nitrogens is 1. The van der Waals surface area contributed by atoms with Gasteiger partial charge < -0.3 is 14.8 Å². The molecule has 0 atom stereocenters. The summed E-state index contributed by atoms with van der Waals surface area (Å²) in [5.74, 6) is 0.649. The van der Waals surface area contributed by atoms with Crippen LogP contribution in [0, 0.1) is 0 Å². The highest BCUT2D eigenvalue weighted by molar-refractivity contribution is 5.17. The Morgan fingerprint density at radius 2 is 1.94 bits per heavy atom. The Bertz CT molecular complexity index is 323. The molecule has 0 aliphatic rings. The zero-order valence-electron chi connectivity index (χ0n) is 11.8. The summed E-state index contributed by atoms with van der Waals surface area (Å²) in [6.07, 6.45) is 2.08. The van der Waals surface area contributed by atoms with Crippen LogP contribution in [-0.2, 0) is 11.3 Å². The lowest BCUT2D eigenvalue weighted by molar-refractivity contribution is 0.0542. The lowest BCUT2D eigenvalue weighted by atomic mass is 10.2. The van der Waals surface area contributed by atoms with Gasteiger partial charge in [0.2, 0.25) is 5.88 Å². The standard InChI is InChI=1S/C14H24N2O2/c1-11(2)15-9-13-5-6-14(16-10-13)18-8-7-17-12(3)4/h5-6,10-12,15H,7-9H2,1-4H3. The van der Waals surface area contributed by atoms with Gasteiger partial charge in [-0.05, 0) is 19.4 Å². The van der Waals surface area contributed by atoms with Crippen LogP contribution in [0.1, 0.15) is 33.3 Å². The second-order valence-electron chi connectivity index (χ2n) is 4.81. The molecule has 4 nitrogen and oxygen atoms in total. The van der Waals surface area contributed by atoms with Crippen LogP contribution in [0.2, 0.25) is 0 Å². The van der Waals surface area contributed by atoms with Gasteiger partial charge in [0.15, 0.2) is 0 Å². The molecular formula is C14H24N2O2. The van der Waals surface area contributed by atoms with E-state index in [2.05, 4.69) is 24.1 Å². The number of pyridine rings is 1. The molecule has 0 aromatic carbocycles. The summed E-state index contributed by atoms with van der Waals surface area (Å²) in [5, 5.41) is 3.35. The summed E-state index contributed by atoms with van der Waals surface area (Å²) in [5.41, 5.74) is 1.16. The molecule has 0 bridgehead atoms. The van der Waals surface area contributed by atoms with Crippen molar-refractivity contribution in [3.05, 3.63) is 23.9 Å². The van der Waals surface area contributed by atoms with E-state index in [1.807, 2.05) is 32.2 Å². The topological polar surface area (TPSA) is 43.4 Å². The molecule has 0 radical (unpaired) electrons. The molecular weight excluding hydrogens is 228 g/mol. The molecule has 4 heteroatoms. The molecule has 0 aliphatic carbocycles. The third-order valence-electron chi connectivity index (χ3n) is 2.30. The molecule has 1 aromatic rings. The van der Waals surface area contributed by atoms with E-state index in [-0.39, 0.29) is 6.10 Å². The zero-order valence-corrected chi connectivity index (χ0v) is 11.8. The molecule has 0 fully saturated rings. The van der Waals surface area contributed by atoms with Crippen LogP contribution in [-0.4, -0.2) is 30.3 Å². The van der Waals surface area contributed by atoms with Gasteiger partial charge in [-0.3, -0.25) is 0 Å². The van der Waals surface area contributed by atoms with E-state index in [1.54, 1.807) is 0 Å². The summed E-state index contributed by atoms with van der Waals surface area (Å²) in [7, 11) is 0. The highest BCUT2D eigenvalue weighted by atomic mass is 16.5. The quantitative estimate of drug-likeness (QED) is 0.721. The lowest BCUT2D eigenvalue weighted by Crippen LogP contribution is -2.21. The van der Waals surface area contributed by atoms with Crippen LogP contribution in [0.5, 0.6) is 5.88 Å². The van der Waals surface area contributed by atoms with E-state index in [0.717, 1.165) is 12.1 Å². The van der Waals surface area contributed by atoms with E-state index in [9.17, 15) is 0 Å². The van der Waals surface area contributed by atoms with E-state index < -0.39 is 0 Å². The largest absolute Gasteiger partial charge is 0.475 e. The minimum Gasteiger partial charge on any atom is -0.475 e. The number of nitrogens with one attached hydrogen (secondary N) is 1. The first-order valence-corrected chi connectivity index (χ1v) is 6.50. The Labute approximate surface area is 110 Å². The molecule has 0 saturated heterocycles. The van der Waals surface area contributed by atoms with Gasteiger partial charge in [0.05, 0.1) is 12.7 Å². The Hall–Kier alpha value is -1.13. The minimum absolute atomic E-state index is 0.242. The first-order valence-electron chi connectivity index (χ1n) is 6.50. The number of rotatable bonds is 8. The van der Waals surface area contributed by atoms with Crippen LogP contribution in [0.4, 0.5) is 0 Å². The summed E-state index contributed by atoms with van der Waals surface area (Å²) >= 11 is 0. The summed E-state index contributed by atoms with van der Waals surface area (Å²) in [6, 6.07) is 4.40. The van der Waals surface area contributed by atoms with Crippen LogP contribution in [0.25, 0.3) is 0 Å². The molecule has 1 aromatic heterocycles. The first-order chi connectivity index (χ1) is 8.58. The third kappa shape index (κ3) is 6.57. The van der Waals surface area contributed by atoms with E-state index in [1.165, 1.54) is 0 Å². The van der Waals surface area contributed by atoms with Crippen molar-refractivity contribution in [2.24, 2.45) is 0 Å². The van der Waals surface area contributed by atoms with Crippen LogP contribution in [0.15, 0.2) is 18.3 Å². The average Bonchev–Trinajstić information content (AvgIpc) is 2.33. The van der Waals surface area contributed by atoms with E-state index in [4.69, 9.17) is 9.47 Å². The molecule has 1 rings (SSSR count). The van der Waals surface area contributed by atoms with Gasteiger partial charge in [-0.15, -0.1) is 0 Å². The molecule has 102 valence electrons. The number of nitrogens with zero attached hydrogens (tertiary/aromatic N) is 1. The molecule has 0 unspecified atom stereocenters. The Balaban J connectivity index is 2.27. The van der Waals surface area contributed by atoms with Gasteiger partial charge in [-0.25, -0.2) is 4.98 Å². The van der Waals surface area contributed by atoms with Crippen molar-refractivity contribution in [2.75, 3.05) is 13.2 Å². The highest BCUT2D eigenvalue weighted by Gasteiger charge is 1.99.